The fraction of sp³-hybridized carbons (Fsp3) is 0.632. The van der Waals surface area contributed by atoms with Gasteiger partial charge in [0.1, 0.15) is 0 Å². The third kappa shape index (κ3) is 4.78. The molecule has 0 saturated carbocycles. The Morgan fingerprint density at radius 2 is 2.04 bits per heavy atom. The highest BCUT2D eigenvalue weighted by Gasteiger charge is 2.29. The Labute approximate surface area is 149 Å². The van der Waals surface area contributed by atoms with Crippen LogP contribution in [0.3, 0.4) is 0 Å². The van der Waals surface area contributed by atoms with Crippen LogP contribution in [0.15, 0.2) is 23.2 Å². The number of nitrogens with zero attached hydrogens (tertiary/aromatic N) is 1. The number of hydrogen-bond acceptors (Lipinski definition) is 4. The number of ether oxygens (including phenoxy) is 3. The van der Waals surface area contributed by atoms with Crippen molar-refractivity contribution in [2.75, 3.05) is 32.9 Å². The lowest BCUT2D eigenvalue weighted by molar-refractivity contribution is 0.0243. The van der Waals surface area contributed by atoms with Gasteiger partial charge in [-0.1, -0.05) is 12.1 Å². The maximum absolute atomic E-state index is 5.87. The Morgan fingerprint density at radius 1 is 1.16 bits per heavy atom. The molecule has 1 saturated heterocycles. The molecule has 1 aromatic carbocycles. The monoisotopic (exact) mass is 347 g/mol. The Morgan fingerprint density at radius 3 is 2.84 bits per heavy atom. The molecule has 2 aliphatic heterocycles. The van der Waals surface area contributed by atoms with E-state index in [1.807, 2.05) is 18.2 Å². The molecule has 2 N–H and O–H groups in total. The maximum atomic E-state index is 5.87. The van der Waals surface area contributed by atoms with Crippen molar-refractivity contribution in [2.45, 2.75) is 45.3 Å². The van der Waals surface area contributed by atoms with Crippen LogP contribution >= 0.6 is 0 Å². The maximum Gasteiger partial charge on any atom is 0.191 e. The van der Waals surface area contributed by atoms with Gasteiger partial charge in [0.2, 0.25) is 0 Å². The van der Waals surface area contributed by atoms with E-state index < -0.39 is 0 Å². The lowest BCUT2D eigenvalue weighted by Gasteiger charge is -2.24. The van der Waals surface area contributed by atoms with E-state index in [2.05, 4.69) is 24.5 Å². The summed E-state index contributed by atoms with van der Waals surface area (Å²) in [6.45, 7) is 8.56. The molecule has 1 atom stereocenters. The fourth-order valence-corrected chi connectivity index (χ4v) is 3.13. The van der Waals surface area contributed by atoms with Gasteiger partial charge < -0.3 is 24.8 Å². The molecule has 0 bridgehead atoms. The number of aliphatic imine (C=N–C) groups is 1. The van der Waals surface area contributed by atoms with Gasteiger partial charge in [0, 0.05) is 31.7 Å². The minimum Gasteiger partial charge on any atom is -0.490 e. The molecule has 1 fully saturated rings. The average Bonchev–Trinajstić information content (AvgIpc) is 2.90. The second-order valence-corrected chi connectivity index (χ2v) is 6.75. The number of para-hydroxylation sites is 1. The van der Waals surface area contributed by atoms with E-state index in [0.29, 0.717) is 19.8 Å². The van der Waals surface area contributed by atoms with Crippen molar-refractivity contribution in [3.05, 3.63) is 23.8 Å². The lowest BCUT2D eigenvalue weighted by atomic mass is 10.0. The van der Waals surface area contributed by atoms with Crippen molar-refractivity contribution in [2.24, 2.45) is 4.99 Å². The summed E-state index contributed by atoms with van der Waals surface area (Å²) in [7, 11) is 0. The van der Waals surface area contributed by atoms with Gasteiger partial charge in [-0.2, -0.15) is 0 Å². The van der Waals surface area contributed by atoms with Gasteiger partial charge in [-0.25, -0.2) is 4.99 Å². The van der Waals surface area contributed by atoms with Gasteiger partial charge in [0.25, 0.3) is 0 Å². The van der Waals surface area contributed by atoms with Gasteiger partial charge in [-0.05, 0) is 32.8 Å². The van der Waals surface area contributed by atoms with E-state index in [1.165, 1.54) is 0 Å². The van der Waals surface area contributed by atoms with Gasteiger partial charge in [-0.3, -0.25) is 0 Å². The number of nitrogens with one attached hydrogen (secondary N) is 2. The zero-order valence-electron chi connectivity index (χ0n) is 15.3. The zero-order valence-corrected chi connectivity index (χ0v) is 15.3. The summed E-state index contributed by atoms with van der Waals surface area (Å²) < 4.78 is 17.5. The second kappa shape index (κ2) is 8.43. The predicted octanol–water partition coefficient (Wildman–Crippen LogP) is 2.47. The Hall–Kier alpha value is -1.95. The molecule has 0 spiro atoms. The van der Waals surface area contributed by atoms with Gasteiger partial charge >= 0.3 is 0 Å². The van der Waals surface area contributed by atoms with Crippen molar-refractivity contribution in [1.82, 2.24) is 10.6 Å². The van der Waals surface area contributed by atoms with Crippen molar-refractivity contribution in [3.63, 3.8) is 0 Å². The number of guanidine groups is 1. The highest BCUT2D eigenvalue weighted by atomic mass is 16.5. The average molecular weight is 347 g/mol. The SMILES string of the molecule is CCNC(=NCc1cccc2c1OCCCO2)NCC1(C)CCCO1. The number of rotatable bonds is 5. The molecule has 0 aromatic heterocycles. The number of benzene rings is 1. The first-order valence-corrected chi connectivity index (χ1v) is 9.24. The largest absolute Gasteiger partial charge is 0.490 e. The smallest absolute Gasteiger partial charge is 0.191 e. The molecular weight excluding hydrogens is 318 g/mol. The molecule has 0 aliphatic carbocycles. The summed E-state index contributed by atoms with van der Waals surface area (Å²) in [5.74, 6) is 2.44. The lowest BCUT2D eigenvalue weighted by Crippen LogP contribution is -2.45. The van der Waals surface area contributed by atoms with Crippen LogP contribution in [0.5, 0.6) is 11.5 Å². The van der Waals surface area contributed by atoms with E-state index in [9.17, 15) is 0 Å². The Balaban J connectivity index is 1.67. The quantitative estimate of drug-likeness (QED) is 0.633. The molecule has 1 unspecified atom stereocenters. The minimum atomic E-state index is -0.100. The molecule has 6 heteroatoms. The normalized spacial score (nSPS) is 23.2. The van der Waals surface area contributed by atoms with Crippen LogP contribution in [0.2, 0.25) is 0 Å². The molecule has 1 aromatic rings. The summed E-state index contributed by atoms with van der Waals surface area (Å²) in [6.07, 6.45) is 3.11. The minimum absolute atomic E-state index is 0.100. The molecule has 0 amide bonds. The summed E-state index contributed by atoms with van der Waals surface area (Å²) in [6, 6.07) is 5.99. The molecule has 6 nitrogen and oxygen atoms in total. The number of fused-ring (bicyclic) bond motifs is 1. The van der Waals surface area contributed by atoms with Gasteiger partial charge in [0.15, 0.2) is 17.5 Å². The summed E-state index contributed by atoms with van der Waals surface area (Å²) in [4.78, 5) is 4.72. The van der Waals surface area contributed by atoms with Crippen LogP contribution in [-0.4, -0.2) is 44.5 Å². The second-order valence-electron chi connectivity index (χ2n) is 6.75. The predicted molar refractivity (Wildman–Crippen MR) is 98.5 cm³/mol. The highest BCUT2D eigenvalue weighted by molar-refractivity contribution is 5.79. The van der Waals surface area contributed by atoms with Gasteiger partial charge in [-0.15, -0.1) is 0 Å². The fourth-order valence-electron chi connectivity index (χ4n) is 3.13. The molecule has 138 valence electrons. The molecule has 0 radical (unpaired) electrons. The topological polar surface area (TPSA) is 64.1 Å². The van der Waals surface area contributed by atoms with Crippen molar-refractivity contribution >= 4 is 5.96 Å². The van der Waals surface area contributed by atoms with Crippen molar-refractivity contribution < 1.29 is 14.2 Å². The standard InChI is InChI=1S/C19H29N3O3/c1-3-20-18(22-14-19(2)9-5-12-25-19)21-13-15-7-4-8-16-17(15)24-11-6-10-23-16/h4,7-8H,3,5-6,9-14H2,1-2H3,(H2,20,21,22). The summed E-state index contributed by atoms with van der Waals surface area (Å²) >= 11 is 0. The third-order valence-corrected chi connectivity index (χ3v) is 4.54. The molecule has 25 heavy (non-hydrogen) atoms. The first-order valence-electron chi connectivity index (χ1n) is 9.24. The van der Waals surface area contributed by atoms with Crippen LogP contribution in [0.1, 0.15) is 38.7 Å². The van der Waals surface area contributed by atoms with E-state index in [1.54, 1.807) is 0 Å². The Bertz CT molecular complexity index is 598. The van der Waals surface area contributed by atoms with Crippen LogP contribution in [0.25, 0.3) is 0 Å². The van der Waals surface area contributed by atoms with E-state index in [-0.39, 0.29) is 5.60 Å². The number of hydrogen-bond donors (Lipinski definition) is 2. The van der Waals surface area contributed by atoms with Gasteiger partial charge in [0.05, 0.1) is 25.4 Å². The van der Waals surface area contributed by atoms with Crippen molar-refractivity contribution in [3.8, 4) is 11.5 Å². The van der Waals surface area contributed by atoms with Crippen LogP contribution < -0.4 is 20.1 Å². The zero-order chi connectivity index (χ0) is 17.5. The third-order valence-electron chi connectivity index (χ3n) is 4.54. The summed E-state index contributed by atoms with van der Waals surface area (Å²) in [5.41, 5.74) is 0.941. The van der Waals surface area contributed by atoms with Crippen LogP contribution in [0.4, 0.5) is 0 Å². The van der Waals surface area contributed by atoms with Crippen LogP contribution in [-0.2, 0) is 11.3 Å². The first-order chi connectivity index (χ1) is 12.2. The molecule has 2 aliphatic rings. The first kappa shape index (κ1) is 17.9. The molecular formula is C19H29N3O3. The molecule has 3 rings (SSSR count). The van der Waals surface area contributed by atoms with E-state index >= 15 is 0 Å². The Kier molecular flexibility index (Phi) is 6.02. The highest BCUT2D eigenvalue weighted by Crippen LogP contribution is 2.33. The molecule has 2 heterocycles. The van der Waals surface area contributed by atoms with E-state index in [4.69, 9.17) is 19.2 Å². The summed E-state index contributed by atoms with van der Waals surface area (Å²) in [5, 5.41) is 6.71. The van der Waals surface area contributed by atoms with Crippen LogP contribution in [0, 0.1) is 0 Å². The van der Waals surface area contributed by atoms with E-state index in [0.717, 1.165) is 62.0 Å². The van der Waals surface area contributed by atoms with Crippen molar-refractivity contribution in [1.29, 1.82) is 0 Å².